The molecule has 4 saturated carbocycles. The first-order valence-electron chi connectivity index (χ1n) is 9.55. The van der Waals surface area contributed by atoms with E-state index in [0.29, 0.717) is 18.3 Å². The number of aliphatic hydroxyl groups is 3. The molecule has 3 heteroatoms. The van der Waals surface area contributed by atoms with E-state index < -0.39 is 12.2 Å². The summed E-state index contributed by atoms with van der Waals surface area (Å²) in [6, 6.07) is 0. The smallest absolute Gasteiger partial charge is 0.0626 e. The van der Waals surface area contributed by atoms with Crippen LogP contribution in [0.15, 0.2) is 0 Å². The highest BCUT2D eigenvalue weighted by Crippen LogP contribution is 2.79. The van der Waals surface area contributed by atoms with Crippen molar-refractivity contribution in [2.45, 2.75) is 85.0 Å². The van der Waals surface area contributed by atoms with Gasteiger partial charge in [-0.05, 0) is 59.7 Å². The zero-order chi connectivity index (χ0) is 17.0. The van der Waals surface area contributed by atoms with Crippen LogP contribution < -0.4 is 0 Å². The SMILES string of the molecule is C[C@@H]1[C@@H](O)C[C@H](O)[C@]2(C)[C@@H]3CC[C@]12C[C@@]1(C)C[C@H](O)C(C)(C)[C@@H]31. The molecule has 2 bridgehead atoms. The molecule has 0 amide bonds. The fraction of sp³-hybridized carbons (Fsp3) is 1.00. The maximum atomic E-state index is 11.0. The molecule has 0 saturated heterocycles. The van der Waals surface area contributed by atoms with Crippen LogP contribution in [0.1, 0.15) is 66.7 Å². The van der Waals surface area contributed by atoms with E-state index in [0.717, 1.165) is 25.7 Å². The van der Waals surface area contributed by atoms with Crippen molar-refractivity contribution in [2.24, 2.45) is 39.4 Å². The Morgan fingerprint density at radius 2 is 1.61 bits per heavy atom. The zero-order valence-electron chi connectivity index (χ0n) is 15.3. The molecule has 23 heavy (non-hydrogen) atoms. The van der Waals surface area contributed by atoms with Gasteiger partial charge in [-0.1, -0.05) is 34.6 Å². The molecule has 0 aromatic rings. The van der Waals surface area contributed by atoms with Crippen LogP contribution >= 0.6 is 0 Å². The summed E-state index contributed by atoms with van der Waals surface area (Å²) < 4.78 is 0. The van der Waals surface area contributed by atoms with Crippen molar-refractivity contribution >= 4 is 0 Å². The molecule has 9 atom stereocenters. The highest BCUT2D eigenvalue weighted by Gasteiger charge is 2.76. The monoisotopic (exact) mass is 322 g/mol. The number of hydrogen-bond donors (Lipinski definition) is 3. The Balaban J connectivity index is 1.89. The number of hydrogen-bond acceptors (Lipinski definition) is 3. The number of fused-ring (bicyclic) bond motifs is 2. The molecular weight excluding hydrogens is 288 g/mol. The van der Waals surface area contributed by atoms with Crippen molar-refractivity contribution in [1.29, 1.82) is 0 Å². The first kappa shape index (κ1) is 16.4. The molecule has 4 fully saturated rings. The molecule has 0 spiro atoms. The Hall–Kier alpha value is -0.120. The molecule has 4 aliphatic rings. The minimum Gasteiger partial charge on any atom is -0.393 e. The van der Waals surface area contributed by atoms with E-state index in [1.54, 1.807) is 0 Å². The maximum absolute atomic E-state index is 11.0. The standard InChI is InChI=1S/C20H34O3/c1-11-13(21)8-14(22)19(5)12-6-7-20(11,19)10-18(4)9-15(23)17(2,3)16(12)18/h11-16,21-23H,6-10H2,1-5H3/t11-,12-,13+,14+,15+,16-,18-,19+,20+/m1/s1. The third-order valence-corrected chi connectivity index (χ3v) is 9.54. The Labute approximate surface area is 140 Å². The highest BCUT2D eigenvalue weighted by atomic mass is 16.3. The lowest BCUT2D eigenvalue weighted by Crippen LogP contribution is -2.65. The molecule has 132 valence electrons. The average molecular weight is 322 g/mol. The van der Waals surface area contributed by atoms with E-state index in [9.17, 15) is 15.3 Å². The van der Waals surface area contributed by atoms with Gasteiger partial charge in [-0.25, -0.2) is 0 Å². The van der Waals surface area contributed by atoms with Gasteiger partial charge in [0.05, 0.1) is 18.3 Å². The first-order valence-corrected chi connectivity index (χ1v) is 9.55. The maximum Gasteiger partial charge on any atom is 0.0626 e. The van der Waals surface area contributed by atoms with Crippen molar-refractivity contribution in [2.75, 3.05) is 0 Å². The lowest BCUT2D eigenvalue weighted by atomic mass is 9.39. The molecule has 3 N–H and O–H groups in total. The molecule has 0 radical (unpaired) electrons. The van der Waals surface area contributed by atoms with Crippen LogP contribution in [0.4, 0.5) is 0 Å². The van der Waals surface area contributed by atoms with Crippen LogP contribution in [-0.2, 0) is 0 Å². The predicted molar refractivity (Wildman–Crippen MR) is 89.7 cm³/mol. The van der Waals surface area contributed by atoms with Gasteiger partial charge in [0, 0.05) is 11.8 Å². The van der Waals surface area contributed by atoms with E-state index in [-0.39, 0.29) is 33.7 Å². The minimum absolute atomic E-state index is 0.0279. The fourth-order valence-electron chi connectivity index (χ4n) is 8.49. The lowest BCUT2D eigenvalue weighted by Gasteiger charge is -2.66. The van der Waals surface area contributed by atoms with E-state index >= 15 is 0 Å². The van der Waals surface area contributed by atoms with Gasteiger partial charge >= 0.3 is 0 Å². The Kier molecular flexibility index (Phi) is 3.09. The molecule has 0 aromatic heterocycles. The summed E-state index contributed by atoms with van der Waals surface area (Å²) >= 11 is 0. The predicted octanol–water partition coefficient (Wildman–Crippen LogP) is 2.97. The molecule has 0 heterocycles. The van der Waals surface area contributed by atoms with Crippen LogP contribution in [0.2, 0.25) is 0 Å². The van der Waals surface area contributed by atoms with Gasteiger partial charge in [0.25, 0.3) is 0 Å². The topological polar surface area (TPSA) is 60.7 Å². The van der Waals surface area contributed by atoms with Gasteiger partial charge in [-0.2, -0.15) is 0 Å². The van der Waals surface area contributed by atoms with Gasteiger partial charge in [-0.15, -0.1) is 0 Å². The number of rotatable bonds is 0. The second-order valence-electron chi connectivity index (χ2n) is 10.5. The Morgan fingerprint density at radius 3 is 2.26 bits per heavy atom. The summed E-state index contributed by atoms with van der Waals surface area (Å²) in [4.78, 5) is 0. The lowest BCUT2D eigenvalue weighted by molar-refractivity contribution is -0.232. The number of aliphatic hydroxyl groups excluding tert-OH is 3. The molecular formula is C20H34O3. The molecule has 4 rings (SSSR count). The largest absolute Gasteiger partial charge is 0.393 e. The average Bonchev–Trinajstić information content (AvgIpc) is 2.74. The third kappa shape index (κ3) is 1.58. The van der Waals surface area contributed by atoms with Crippen molar-refractivity contribution in [1.82, 2.24) is 0 Å². The zero-order valence-corrected chi connectivity index (χ0v) is 15.3. The molecule has 3 nitrogen and oxygen atoms in total. The minimum atomic E-state index is -0.417. The van der Waals surface area contributed by atoms with Crippen LogP contribution in [0, 0.1) is 39.4 Å². The summed E-state index contributed by atoms with van der Waals surface area (Å²) in [6.07, 6.45) is 3.64. The summed E-state index contributed by atoms with van der Waals surface area (Å²) in [5, 5.41) is 32.4. The van der Waals surface area contributed by atoms with Gasteiger partial charge in [0.15, 0.2) is 0 Å². The van der Waals surface area contributed by atoms with Crippen molar-refractivity contribution in [3.05, 3.63) is 0 Å². The normalized spacial score (nSPS) is 63.7. The summed E-state index contributed by atoms with van der Waals surface area (Å²) in [5.41, 5.74) is -0.0378. The summed E-state index contributed by atoms with van der Waals surface area (Å²) in [5.74, 6) is 1.15. The summed E-state index contributed by atoms with van der Waals surface area (Å²) in [6.45, 7) is 11.3. The Morgan fingerprint density at radius 1 is 0.957 bits per heavy atom. The van der Waals surface area contributed by atoms with E-state index in [1.165, 1.54) is 0 Å². The molecule has 0 aliphatic heterocycles. The van der Waals surface area contributed by atoms with E-state index in [1.807, 2.05) is 0 Å². The quantitative estimate of drug-likeness (QED) is 0.642. The van der Waals surface area contributed by atoms with Crippen molar-refractivity contribution in [3.8, 4) is 0 Å². The van der Waals surface area contributed by atoms with Crippen LogP contribution in [-0.4, -0.2) is 33.6 Å². The highest BCUT2D eigenvalue weighted by molar-refractivity contribution is 5.24. The second-order valence-corrected chi connectivity index (χ2v) is 10.5. The van der Waals surface area contributed by atoms with E-state index in [4.69, 9.17) is 0 Å². The van der Waals surface area contributed by atoms with Gasteiger partial charge in [0.2, 0.25) is 0 Å². The first-order chi connectivity index (χ1) is 10.5. The van der Waals surface area contributed by atoms with Crippen molar-refractivity contribution < 1.29 is 15.3 Å². The Bertz CT molecular complexity index is 531. The molecule has 0 aromatic carbocycles. The molecule has 0 unspecified atom stereocenters. The van der Waals surface area contributed by atoms with Crippen LogP contribution in [0.3, 0.4) is 0 Å². The summed E-state index contributed by atoms with van der Waals surface area (Å²) in [7, 11) is 0. The van der Waals surface area contributed by atoms with Gasteiger partial charge in [0.1, 0.15) is 0 Å². The van der Waals surface area contributed by atoms with Crippen LogP contribution in [0.5, 0.6) is 0 Å². The second kappa shape index (κ2) is 4.34. The van der Waals surface area contributed by atoms with Gasteiger partial charge in [-0.3, -0.25) is 0 Å². The fourth-order valence-corrected chi connectivity index (χ4v) is 8.49. The third-order valence-electron chi connectivity index (χ3n) is 9.54. The molecule has 4 aliphatic carbocycles. The van der Waals surface area contributed by atoms with Gasteiger partial charge < -0.3 is 15.3 Å². The van der Waals surface area contributed by atoms with Crippen molar-refractivity contribution in [3.63, 3.8) is 0 Å². The van der Waals surface area contributed by atoms with Crippen LogP contribution in [0.25, 0.3) is 0 Å². The van der Waals surface area contributed by atoms with E-state index in [2.05, 4.69) is 34.6 Å².